The fourth-order valence-corrected chi connectivity index (χ4v) is 2.02. The molecule has 0 saturated heterocycles. The first-order valence-electron chi connectivity index (χ1n) is 4.70. The Balaban J connectivity index is 2.15. The van der Waals surface area contributed by atoms with Gasteiger partial charge >= 0.3 is 0 Å². The highest BCUT2D eigenvalue weighted by molar-refractivity contribution is 7.09. The summed E-state index contributed by atoms with van der Waals surface area (Å²) < 4.78 is 0. The van der Waals surface area contributed by atoms with Crippen LogP contribution in [0.2, 0.25) is 0 Å². The minimum absolute atomic E-state index is 0.949. The van der Waals surface area contributed by atoms with Crippen molar-refractivity contribution in [1.29, 1.82) is 0 Å². The van der Waals surface area contributed by atoms with E-state index in [-0.39, 0.29) is 0 Å². The van der Waals surface area contributed by atoms with Crippen LogP contribution in [0.3, 0.4) is 0 Å². The van der Waals surface area contributed by atoms with E-state index in [1.807, 2.05) is 6.92 Å². The normalized spacial score (nSPS) is 10.4. The number of hydrogen-bond donors (Lipinski definition) is 0. The third-order valence-corrected chi connectivity index (χ3v) is 2.99. The Bertz CT molecular complexity index is 414. The van der Waals surface area contributed by atoms with Crippen LogP contribution in [0.25, 0.3) is 0 Å². The van der Waals surface area contributed by atoms with Crippen LogP contribution >= 0.6 is 11.3 Å². The summed E-state index contributed by atoms with van der Waals surface area (Å²) >= 11 is 1.72. The van der Waals surface area contributed by atoms with Crippen molar-refractivity contribution >= 4 is 11.3 Å². The Morgan fingerprint density at radius 2 is 1.86 bits per heavy atom. The van der Waals surface area contributed by atoms with Crippen molar-refractivity contribution in [3.8, 4) is 0 Å². The lowest BCUT2D eigenvalue weighted by Crippen LogP contribution is -1.88. The van der Waals surface area contributed by atoms with E-state index in [0.29, 0.717) is 0 Å². The average molecular weight is 203 g/mol. The number of aromatic nitrogens is 1. The molecule has 2 aromatic rings. The monoisotopic (exact) mass is 203 g/mol. The van der Waals surface area contributed by atoms with Gasteiger partial charge in [0.2, 0.25) is 0 Å². The molecule has 1 aromatic carbocycles. The first-order valence-corrected chi connectivity index (χ1v) is 5.58. The molecule has 0 aliphatic rings. The molecule has 0 bridgehead atoms. The number of nitrogens with zero attached hydrogens (tertiary/aromatic N) is 1. The van der Waals surface area contributed by atoms with Crippen molar-refractivity contribution in [2.45, 2.75) is 20.3 Å². The fraction of sp³-hybridized carbons (Fsp3) is 0.250. The molecule has 0 aliphatic carbocycles. The summed E-state index contributed by atoms with van der Waals surface area (Å²) in [6.07, 6.45) is 0.949. The maximum absolute atomic E-state index is 4.45. The molecule has 1 aromatic heterocycles. The van der Waals surface area contributed by atoms with Gasteiger partial charge in [0.15, 0.2) is 0 Å². The second-order valence-corrected chi connectivity index (χ2v) is 4.58. The predicted octanol–water partition coefficient (Wildman–Crippen LogP) is 3.35. The standard InChI is InChI=1S/C12H13NS/c1-9-3-5-11(6-4-9)7-12-8-14-10(2)13-12/h3-6,8H,7H2,1-2H3. The molecule has 0 aliphatic heterocycles. The first kappa shape index (κ1) is 9.41. The van der Waals surface area contributed by atoms with Crippen LogP contribution in [0.1, 0.15) is 21.8 Å². The smallest absolute Gasteiger partial charge is 0.0897 e. The van der Waals surface area contributed by atoms with Gasteiger partial charge in [0, 0.05) is 11.8 Å². The second-order valence-electron chi connectivity index (χ2n) is 3.52. The van der Waals surface area contributed by atoms with Gasteiger partial charge in [-0.3, -0.25) is 0 Å². The Hall–Kier alpha value is -1.15. The van der Waals surface area contributed by atoms with E-state index in [4.69, 9.17) is 0 Å². The highest BCUT2D eigenvalue weighted by Crippen LogP contribution is 2.13. The molecule has 2 heteroatoms. The first-order chi connectivity index (χ1) is 6.74. The Labute approximate surface area is 88.4 Å². The Morgan fingerprint density at radius 1 is 1.14 bits per heavy atom. The molecule has 0 saturated carbocycles. The van der Waals surface area contributed by atoms with Crippen LogP contribution in [0.4, 0.5) is 0 Å². The number of benzene rings is 1. The minimum Gasteiger partial charge on any atom is -0.246 e. The summed E-state index contributed by atoms with van der Waals surface area (Å²) in [4.78, 5) is 4.45. The van der Waals surface area contributed by atoms with E-state index in [1.54, 1.807) is 11.3 Å². The largest absolute Gasteiger partial charge is 0.246 e. The molecular formula is C12H13NS. The molecule has 1 nitrogen and oxygen atoms in total. The molecule has 0 unspecified atom stereocenters. The van der Waals surface area contributed by atoms with E-state index in [0.717, 1.165) is 11.4 Å². The summed E-state index contributed by atoms with van der Waals surface area (Å²) in [5.41, 5.74) is 3.82. The third-order valence-electron chi connectivity index (χ3n) is 2.17. The SMILES string of the molecule is Cc1ccc(Cc2csc(C)n2)cc1. The van der Waals surface area contributed by atoms with E-state index in [1.165, 1.54) is 16.8 Å². The highest BCUT2D eigenvalue weighted by atomic mass is 32.1. The van der Waals surface area contributed by atoms with E-state index < -0.39 is 0 Å². The van der Waals surface area contributed by atoms with Crippen molar-refractivity contribution in [2.75, 3.05) is 0 Å². The van der Waals surface area contributed by atoms with E-state index in [2.05, 4.69) is 41.6 Å². The minimum atomic E-state index is 0.949. The molecular weight excluding hydrogens is 190 g/mol. The van der Waals surface area contributed by atoms with Crippen molar-refractivity contribution in [1.82, 2.24) is 4.98 Å². The van der Waals surface area contributed by atoms with Crippen LogP contribution in [-0.2, 0) is 6.42 Å². The van der Waals surface area contributed by atoms with Crippen LogP contribution in [0.15, 0.2) is 29.6 Å². The van der Waals surface area contributed by atoms with Crippen molar-refractivity contribution in [3.63, 3.8) is 0 Å². The summed E-state index contributed by atoms with van der Waals surface area (Å²) in [5.74, 6) is 0. The lowest BCUT2D eigenvalue weighted by molar-refractivity contribution is 1.08. The quantitative estimate of drug-likeness (QED) is 0.729. The molecule has 0 radical (unpaired) electrons. The maximum Gasteiger partial charge on any atom is 0.0897 e. The summed E-state index contributed by atoms with van der Waals surface area (Å²) in [5, 5.41) is 3.28. The Kier molecular flexibility index (Phi) is 2.64. The zero-order valence-corrected chi connectivity index (χ0v) is 9.27. The molecule has 1 heterocycles. The molecule has 0 fully saturated rings. The molecule has 2 rings (SSSR count). The van der Waals surface area contributed by atoms with Gasteiger partial charge in [0.25, 0.3) is 0 Å². The van der Waals surface area contributed by atoms with Gasteiger partial charge in [-0.25, -0.2) is 4.98 Å². The molecule has 0 spiro atoms. The van der Waals surface area contributed by atoms with E-state index in [9.17, 15) is 0 Å². The lowest BCUT2D eigenvalue weighted by Gasteiger charge is -1.98. The average Bonchev–Trinajstić information content (AvgIpc) is 2.56. The van der Waals surface area contributed by atoms with Crippen LogP contribution in [-0.4, -0.2) is 4.98 Å². The van der Waals surface area contributed by atoms with Gasteiger partial charge in [-0.05, 0) is 19.4 Å². The third kappa shape index (κ3) is 2.20. The zero-order valence-electron chi connectivity index (χ0n) is 8.45. The van der Waals surface area contributed by atoms with Gasteiger partial charge < -0.3 is 0 Å². The van der Waals surface area contributed by atoms with Gasteiger partial charge in [0.05, 0.1) is 10.7 Å². The predicted molar refractivity (Wildman–Crippen MR) is 60.8 cm³/mol. The molecule has 72 valence electrons. The topological polar surface area (TPSA) is 12.9 Å². The Morgan fingerprint density at radius 3 is 2.43 bits per heavy atom. The highest BCUT2D eigenvalue weighted by Gasteiger charge is 1.99. The van der Waals surface area contributed by atoms with Crippen LogP contribution in [0, 0.1) is 13.8 Å². The number of hydrogen-bond acceptors (Lipinski definition) is 2. The van der Waals surface area contributed by atoms with Gasteiger partial charge in [-0.2, -0.15) is 0 Å². The summed E-state index contributed by atoms with van der Waals surface area (Å²) in [7, 11) is 0. The number of rotatable bonds is 2. The van der Waals surface area contributed by atoms with Crippen LogP contribution in [0.5, 0.6) is 0 Å². The maximum atomic E-state index is 4.45. The summed E-state index contributed by atoms with van der Waals surface area (Å²) in [6, 6.07) is 8.64. The summed E-state index contributed by atoms with van der Waals surface area (Å²) in [6.45, 7) is 4.15. The van der Waals surface area contributed by atoms with Gasteiger partial charge in [-0.15, -0.1) is 11.3 Å². The molecule has 14 heavy (non-hydrogen) atoms. The van der Waals surface area contributed by atoms with Gasteiger partial charge in [-0.1, -0.05) is 29.8 Å². The lowest BCUT2D eigenvalue weighted by atomic mass is 10.1. The van der Waals surface area contributed by atoms with Gasteiger partial charge in [0.1, 0.15) is 0 Å². The van der Waals surface area contributed by atoms with Crippen molar-refractivity contribution in [3.05, 3.63) is 51.5 Å². The molecule has 0 atom stereocenters. The molecule has 0 N–H and O–H groups in total. The number of thiazole rings is 1. The number of aryl methyl sites for hydroxylation is 2. The second kappa shape index (κ2) is 3.93. The van der Waals surface area contributed by atoms with Crippen LogP contribution < -0.4 is 0 Å². The van der Waals surface area contributed by atoms with E-state index >= 15 is 0 Å². The molecule has 0 amide bonds. The zero-order chi connectivity index (χ0) is 9.97. The van der Waals surface area contributed by atoms with Crippen molar-refractivity contribution in [2.24, 2.45) is 0 Å². The van der Waals surface area contributed by atoms with Crippen molar-refractivity contribution < 1.29 is 0 Å². The fourth-order valence-electron chi connectivity index (χ4n) is 1.40.